The molecule has 0 heterocycles. The maximum absolute atomic E-state index is 12.8. The van der Waals surface area contributed by atoms with Crippen molar-refractivity contribution in [1.29, 1.82) is 0 Å². The highest BCUT2D eigenvalue weighted by molar-refractivity contribution is 7.92. The second-order valence-corrected chi connectivity index (χ2v) is 9.43. The average molecular weight is 533 g/mol. The Labute approximate surface area is 217 Å². The molecular weight excluding hydrogens is 512 g/mol. The van der Waals surface area contributed by atoms with E-state index in [2.05, 4.69) is 15.2 Å². The van der Waals surface area contributed by atoms with Gasteiger partial charge in [-0.25, -0.2) is 13.2 Å². The minimum Gasteiger partial charge on any atom is -0.478 e. The number of nitrogens with zero attached hydrogens (tertiary/aromatic N) is 2. The average Bonchev–Trinajstić information content (AvgIpc) is 2.90. The van der Waals surface area contributed by atoms with Gasteiger partial charge in [0.1, 0.15) is 17.2 Å². The van der Waals surface area contributed by atoms with Crippen LogP contribution in [0.3, 0.4) is 0 Å². The third-order valence-corrected chi connectivity index (χ3v) is 6.50. The lowest BCUT2D eigenvalue weighted by Crippen LogP contribution is -2.16. The van der Waals surface area contributed by atoms with Crippen molar-refractivity contribution in [2.75, 3.05) is 10.1 Å². The van der Waals surface area contributed by atoms with Gasteiger partial charge in [0.05, 0.1) is 27.3 Å². The lowest BCUT2D eigenvalue weighted by molar-refractivity contribution is -0.384. The molecule has 0 aromatic heterocycles. The predicted octanol–water partition coefficient (Wildman–Crippen LogP) is 5.33. The van der Waals surface area contributed by atoms with Crippen molar-refractivity contribution in [1.82, 2.24) is 0 Å². The molecule has 0 radical (unpaired) electrons. The lowest BCUT2D eigenvalue weighted by atomic mass is 10.2. The number of benzene rings is 4. The van der Waals surface area contributed by atoms with Gasteiger partial charge in [0, 0.05) is 6.07 Å². The molecule has 0 fully saturated rings. The number of para-hydroxylation sites is 2. The van der Waals surface area contributed by atoms with Crippen LogP contribution in [0.5, 0.6) is 11.5 Å². The summed E-state index contributed by atoms with van der Waals surface area (Å²) in [6.45, 7) is 0. The van der Waals surface area contributed by atoms with Crippen molar-refractivity contribution in [3.63, 3.8) is 0 Å². The van der Waals surface area contributed by atoms with E-state index in [4.69, 9.17) is 4.74 Å². The van der Waals surface area contributed by atoms with Crippen LogP contribution in [0.1, 0.15) is 15.9 Å². The number of carboxylic acids is 1. The van der Waals surface area contributed by atoms with Crippen molar-refractivity contribution >= 4 is 39.3 Å². The number of rotatable bonds is 10. The van der Waals surface area contributed by atoms with Gasteiger partial charge in [-0.1, -0.05) is 30.3 Å². The largest absolute Gasteiger partial charge is 0.478 e. The van der Waals surface area contributed by atoms with Gasteiger partial charge >= 0.3 is 5.97 Å². The number of ether oxygens (including phenoxy) is 1. The fourth-order valence-corrected chi connectivity index (χ4v) is 4.41. The molecule has 0 aliphatic heterocycles. The quantitative estimate of drug-likeness (QED) is 0.140. The van der Waals surface area contributed by atoms with Crippen LogP contribution in [0.15, 0.2) is 107 Å². The summed E-state index contributed by atoms with van der Waals surface area (Å²) in [5, 5.41) is 24.9. The zero-order valence-corrected chi connectivity index (χ0v) is 20.3. The van der Waals surface area contributed by atoms with Gasteiger partial charge in [0.25, 0.3) is 15.7 Å². The van der Waals surface area contributed by atoms with E-state index in [1.54, 1.807) is 24.3 Å². The SMILES string of the molecule is O=C(O)c1ccccc1NS(=O)(=O)c1ccc(N/N=C/c2ccc(Oc3ccccc3)cc2)c([N+](=O)[O-])c1. The van der Waals surface area contributed by atoms with Gasteiger partial charge in [-0.05, 0) is 66.2 Å². The minimum atomic E-state index is -4.33. The summed E-state index contributed by atoms with van der Waals surface area (Å²) in [7, 11) is -4.33. The van der Waals surface area contributed by atoms with Crippen LogP contribution in [0.2, 0.25) is 0 Å². The molecular formula is C26H20N4O7S. The Bertz CT molecular complexity index is 1610. The first-order chi connectivity index (χ1) is 18.2. The minimum absolute atomic E-state index is 0.0415. The number of hydrogen-bond acceptors (Lipinski definition) is 8. The Morgan fingerprint density at radius 3 is 2.24 bits per heavy atom. The summed E-state index contributed by atoms with van der Waals surface area (Å²) in [5.41, 5.74) is 2.22. The molecule has 38 heavy (non-hydrogen) atoms. The third-order valence-electron chi connectivity index (χ3n) is 5.14. The topological polar surface area (TPSA) is 160 Å². The summed E-state index contributed by atoms with van der Waals surface area (Å²) in [6, 6.07) is 24.8. The normalized spacial score (nSPS) is 11.2. The molecule has 3 N–H and O–H groups in total. The molecule has 0 atom stereocenters. The first kappa shape index (κ1) is 25.9. The first-order valence-corrected chi connectivity index (χ1v) is 12.5. The Hall–Kier alpha value is -5.23. The molecule has 4 rings (SSSR count). The van der Waals surface area contributed by atoms with Crippen LogP contribution >= 0.6 is 0 Å². The van der Waals surface area contributed by atoms with E-state index in [0.29, 0.717) is 17.1 Å². The van der Waals surface area contributed by atoms with Crippen molar-refractivity contribution in [2.24, 2.45) is 5.10 Å². The number of anilines is 2. The molecule has 4 aromatic carbocycles. The molecule has 0 bridgehead atoms. The molecule has 0 spiro atoms. The fourth-order valence-electron chi connectivity index (χ4n) is 3.31. The Morgan fingerprint density at radius 1 is 0.895 bits per heavy atom. The molecule has 4 aromatic rings. The Kier molecular flexibility index (Phi) is 7.63. The lowest BCUT2D eigenvalue weighted by Gasteiger charge is -2.11. The van der Waals surface area contributed by atoms with Crippen LogP contribution in [0, 0.1) is 10.1 Å². The second kappa shape index (κ2) is 11.2. The predicted molar refractivity (Wildman–Crippen MR) is 141 cm³/mol. The van der Waals surface area contributed by atoms with Crippen LogP contribution in [0.4, 0.5) is 17.1 Å². The van der Waals surface area contributed by atoms with Gasteiger partial charge in [-0.2, -0.15) is 5.10 Å². The molecule has 11 nitrogen and oxygen atoms in total. The fraction of sp³-hybridized carbons (Fsp3) is 0. The van der Waals surface area contributed by atoms with Gasteiger partial charge < -0.3 is 9.84 Å². The highest BCUT2D eigenvalue weighted by Gasteiger charge is 2.23. The van der Waals surface area contributed by atoms with Crippen LogP contribution < -0.4 is 14.9 Å². The summed E-state index contributed by atoms with van der Waals surface area (Å²) in [4.78, 5) is 21.8. The number of sulfonamides is 1. The number of nitro benzene ring substituents is 1. The molecule has 0 saturated carbocycles. The second-order valence-electron chi connectivity index (χ2n) is 7.75. The van der Waals surface area contributed by atoms with Crippen LogP contribution in [-0.4, -0.2) is 30.6 Å². The van der Waals surface area contributed by atoms with Crippen LogP contribution in [-0.2, 0) is 10.0 Å². The van der Waals surface area contributed by atoms with Crippen molar-refractivity contribution < 1.29 is 28.0 Å². The molecule has 0 saturated heterocycles. The van der Waals surface area contributed by atoms with E-state index in [1.807, 2.05) is 30.3 Å². The number of nitro groups is 1. The first-order valence-electron chi connectivity index (χ1n) is 11.0. The van der Waals surface area contributed by atoms with Gasteiger partial charge in [0.2, 0.25) is 0 Å². The number of carbonyl (C=O) groups is 1. The smallest absolute Gasteiger partial charge is 0.337 e. The van der Waals surface area contributed by atoms with Gasteiger partial charge in [-0.3, -0.25) is 20.3 Å². The molecule has 192 valence electrons. The maximum atomic E-state index is 12.8. The molecule has 0 aliphatic carbocycles. The van der Waals surface area contributed by atoms with E-state index in [0.717, 1.165) is 12.1 Å². The van der Waals surface area contributed by atoms with Gasteiger partial charge in [-0.15, -0.1) is 0 Å². The Morgan fingerprint density at radius 2 is 1.55 bits per heavy atom. The zero-order valence-electron chi connectivity index (χ0n) is 19.5. The number of hydrogen-bond donors (Lipinski definition) is 3. The highest BCUT2D eigenvalue weighted by Crippen LogP contribution is 2.29. The summed E-state index contributed by atoms with van der Waals surface area (Å²) in [6.07, 6.45) is 1.44. The van der Waals surface area contributed by atoms with E-state index in [-0.39, 0.29) is 16.9 Å². The number of hydrazone groups is 1. The molecule has 0 unspecified atom stereocenters. The van der Waals surface area contributed by atoms with E-state index in [9.17, 15) is 28.4 Å². The summed E-state index contributed by atoms with van der Waals surface area (Å²) >= 11 is 0. The number of carboxylic acid groups (broad SMARTS) is 1. The van der Waals surface area contributed by atoms with E-state index < -0.39 is 31.5 Å². The monoisotopic (exact) mass is 532 g/mol. The maximum Gasteiger partial charge on any atom is 0.337 e. The highest BCUT2D eigenvalue weighted by atomic mass is 32.2. The van der Waals surface area contributed by atoms with Gasteiger partial charge in [0.15, 0.2) is 0 Å². The van der Waals surface area contributed by atoms with Crippen LogP contribution in [0.25, 0.3) is 0 Å². The molecule has 0 amide bonds. The summed E-state index contributed by atoms with van der Waals surface area (Å²) in [5.74, 6) is -0.0203. The molecule has 12 heteroatoms. The zero-order chi connectivity index (χ0) is 27.1. The third kappa shape index (κ3) is 6.30. The number of aromatic carboxylic acids is 1. The summed E-state index contributed by atoms with van der Waals surface area (Å²) < 4.78 is 33.5. The number of nitrogens with one attached hydrogen (secondary N) is 2. The molecule has 0 aliphatic rings. The van der Waals surface area contributed by atoms with Crippen molar-refractivity contribution in [3.8, 4) is 11.5 Å². The van der Waals surface area contributed by atoms with Crippen molar-refractivity contribution in [3.05, 3.63) is 118 Å². The Balaban J connectivity index is 1.48. The van der Waals surface area contributed by atoms with Crippen molar-refractivity contribution in [2.45, 2.75) is 4.90 Å². The standard InChI is InChI=1S/C26H20N4O7S/c31-26(32)22-8-4-5-9-23(22)29-38(35,36)21-14-15-24(25(16-21)30(33)34)28-27-17-18-10-12-20(13-11-18)37-19-6-2-1-3-7-19/h1-17,28-29H,(H,31,32)/b27-17+. The van der Waals surface area contributed by atoms with E-state index in [1.165, 1.54) is 36.5 Å². The van der Waals surface area contributed by atoms with E-state index >= 15 is 0 Å².